The number of halogens is 10. The van der Waals surface area contributed by atoms with E-state index >= 15 is 0 Å². The van der Waals surface area contributed by atoms with Crippen LogP contribution in [0.3, 0.4) is 0 Å². The van der Waals surface area contributed by atoms with E-state index in [0.717, 1.165) is 12.1 Å². The highest BCUT2D eigenvalue weighted by atomic mass is 35.5. The van der Waals surface area contributed by atoms with Gasteiger partial charge in [0.15, 0.2) is 0 Å². The molecule has 0 heterocycles. The Morgan fingerprint density at radius 2 is 1.31 bits per heavy atom. The van der Waals surface area contributed by atoms with Crippen molar-refractivity contribution in [2.45, 2.75) is 22.6 Å². The Labute approximate surface area is 231 Å². The molecule has 1 aliphatic carbocycles. The van der Waals surface area contributed by atoms with E-state index in [4.69, 9.17) is 34.8 Å². The monoisotopic (exact) mass is 612 g/mol. The van der Waals surface area contributed by atoms with Gasteiger partial charge in [0.05, 0.1) is 27.6 Å². The Balaban J connectivity index is 1.57. The molecule has 3 aromatic carbocycles. The summed E-state index contributed by atoms with van der Waals surface area (Å²) in [6, 6.07) is 9.50. The first kappa shape index (κ1) is 29.0. The van der Waals surface area contributed by atoms with Gasteiger partial charge in [-0.05, 0) is 66.2 Å². The number of rotatable bonds is 5. The molecule has 4 rings (SSSR count). The Hall–Kier alpha value is -3.02. The number of alkyl halides is 8. The summed E-state index contributed by atoms with van der Waals surface area (Å²) in [6.07, 6.45) is -10.2. The lowest BCUT2D eigenvalue weighted by Gasteiger charge is -2.14. The Morgan fingerprint density at radius 3 is 1.85 bits per heavy atom. The fourth-order valence-electron chi connectivity index (χ4n) is 3.95. The first-order valence-electron chi connectivity index (χ1n) is 10.8. The van der Waals surface area contributed by atoms with Crippen molar-refractivity contribution < 1.29 is 40.3 Å². The van der Waals surface area contributed by atoms with Gasteiger partial charge in [0.25, 0.3) is 5.91 Å². The maximum Gasteiger partial charge on any atom is 0.416 e. The lowest BCUT2D eigenvalue weighted by atomic mass is 10.0. The van der Waals surface area contributed by atoms with E-state index in [2.05, 4.69) is 10.6 Å². The van der Waals surface area contributed by atoms with E-state index in [0.29, 0.717) is 12.1 Å². The van der Waals surface area contributed by atoms with Crippen molar-refractivity contribution in [1.29, 1.82) is 0 Å². The molecule has 3 aromatic rings. The Morgan fingerprint density at radius 1 is 0.769 bits per heavy atom. The molecule has 39 heavy (non-hydrogen) atoms. The van der Waals surface area contributed by atoms with Crippen molar-refractivity contribution in [3.63, 3.8) is 0 Å². The zero-order valence-corrected chi connectivity index (χ0v) is 21.3. The van der Waals surface area contributed by atoms with Crippen molar-refractivity contribution in [3.05, 3.63) is 93.8 Å². The summed E-state index contributed by atoms with van der Waals surface area (Å²) in [5.74, 6) is -4.96. The van der Waals surface area contributed by atoms with Gasteiger partial charge in [-0.3, -0.25) is 9.59 Å². The molecular weight excluding hydrogens is 600 g/mol. The van der Waals surface area contributed by atoms with Crippen molar-refractivity contribution >= 4 is 58.0 Å². The average Bonchev–Trinajstić information content (AvgIpc) is 3.42. The first-order valence-corrected chi connectivity index (χ1v) is 12.0. The summed E-state index contributed by atoms with van der Waals surface area (Å²) in [6.45, 7) is 0. The molecule has 0 bridgehead atoms. The van der Waals surface area contributed by atoms with Crippen LogP contribution in [0.1, 0.15) is 33.0 Å². The quantitative estimate of drug-likeness (QED) is 0.225. The average molecular weight is 614 g/mol. The summed E-state index contributed by atoms with van der Waals surface area (Å²) < 4.78 is 90.7. The lowest BCUT2D eigenvalue weighted by molar-refractivity contribution is -0.143. The van der Waals surface area contributed by atoms with Gasteiger partial charge in [0.1, 0.15) is 10.2 Å². The van der Waals surface area contributed by atoms with E-state index in [9.17, 15) is 40.3 Å². The molecule has 0 aliphatic heterocycles. The number of amides is 2. The van der Waals surface area contributed by atoms with Crippen molar-refractivity contribution in [2.24, 2.45) is 5.92 Å². The molecule has 2 atom stereocenters. The second-order valence-corrected chi connectivity index (χ2v) is 10.5. The third-order valence-corrected chi connectivity index (χ3v) is 7.16. The molecule has 2 N–H and O–H groups in total. The van der Waals surface area contributed by atoms with E-state index < -0.39 is 62.8 Å². The number of carbonyl (C=O) groups is 2. The summed E-state index contributed by atoms with van der Waals surface area (Å²) in [4.78, 5) is 25.6. The number of anilines is 2. The molecule has 0 unspecified atom stereocenters. The number of hydrogen-bond acceptors (Lipinski definition) is 2. The second kappa shape index (κ2) is 10.2. The molecule has 4 nitrogen and oxygen atoms in total. The molecule has 1 fully saturated rings. The molecule has 2 amide bonds. The predicted molar refractivity (Wildman–Crippen MR) is 132 cm³/mol. The standard InChI is InChI=1S/C25H14Cl3F7N2O2/c26-18-6-5-16(10-17(18)21(38)36-15-3-1-14(29)2-4-15)37-22(39)20-19(23(20,27)28)11-7-12(24(30,31)32)9-13(8-11)25(33,34)35/h1-10,19-20H,(H,36,38)(H,37,39)/t19-,20+/m1/s1. The molecule has 14 heteroatoms. The third-order valence-electron chi connectivity index (χ3n) is 5.89. The third kappa shape index (κ3) is 6.26. The van der Waals surface area contributed by atoms with E-state index in [1.807, 2.05) is 0 Å². The summed E-state index contributed by atoms with van der Waals surface area (Å²) >= 11 is 18.4. The van der Waals surface area contributed by atoms with Crippen molar-refractivity contribution in [2.75, 3.05) is 10.6 Å². The maximum absolute atomic E-state index is 13.3. The van der Waals surface area contributed by atoms with Gasteiger partial charge in [-0.2, -0.15) is 26.3 Å². The first-order chi connectivity index (χ1) is 18.0. The van der Waals surface area contributed by atoms with Crippen LogP contribution in [0.2, 0.25) is 5.02 Å². The van der Waals surface area contributed by atoms with Gasteiger partial charge >= 0.3 is 12.4 Å². The smallest absolute Gasteiger partial charge is 0.326 e. The molecular formula is C25H14Cl3F7N2O2. The van der Waals surface area contributed by atoms with Gasteiger partial charge in [-0.25, -0.2) is 4.39 Å². The number of nitrogens with one attached hydrogen (secondary N) is 2. The van der Waals surface area contributed by atoms with Gasteiger partial charge in [-0.15, -0.1) is 23.2 Å². The van der Waals surface area contributed by atoms with Crippen LogP contribution in [0.5, 0.6) is 0 Å². The maximum atomic E-state index is 13.3. The zero-order valence-electron chi connectivity index (χ0n) is 19.0. The van der Waals surface area contributed by atoms with Gasteiger partial charge in [0.2, 0.25) is 5.91 Å². The van der Waals surface area contributed by atoms with Crippen LogP contribution in [0.15, 0.2) is 60.7 Å². The summed E-state index contributed by atoms with van der Waals surface area (Å²) in [7, 11) is 0. The highest BCUT2D eigenvalue weighted by molar-refractivity contribution is 6.53. The minimum absolute atomic E-state index is 0.00964. The second-order valence-electron chi connectivity index (χ2n) is 8.61. The molecule has 1 aliphatic rings. The van der Waals surface area contributed by atoms with Crippen LogP contribution in [0.4, 0.5) is 42.1 Å². The lowest BCUT2D eigenvalue weighted by Crippen LogP contribution is -2.18. The SMILES string of the molecule is O=C(Nc1ccc(F)cc1)c1cc(NC(=O)[C@@H]2[C@@H](c3cc(C(F)(F)F)cc(C(F)(F)F)c3)C2(Cl)Cl)ccc1Cl. The normalized spacial score (nSPS) is 18.4. The minimum Gasteiger partial charge on any atom is -0.326 e. The number of hydrogen-bond donors (Lipinski definition) is 2. The molecule has 0 aromatic heterocycles. The zero-order chi connectivity index (χ0) is 28.9. The molecule has 0 saturated heterocycles. The number of carbonyl (C=O) groups excluding carboxylic acids is 2. The van der Waals surface area contributed by atoms with E-state index in [1.54, 1.807) is 0 Å². The van der Waals surface area contributed by atoms with Gasteiger partial charge < -0.3 is 10.6 Å². The van der Waals surface area contributed by atoms with Crippen molar-refractivity contribution in [3.8, 4) is 0 Å². The molecule has 0 spiro atoms. The summed E-state index contributed by atoms with van der Waals surface area (Å²) in [5, 5.41) is 4.88. The molecule has 0 radical (unpaired) electrons. The minimum atomic E-state index is -5.10. The van der Waals surface area contributed by atoms with Gasteiger partial charge in [-0.1, -0.05) is 11.6 Å². The largest absolute Gasteiger partial charge is 0.416 e. The highest BCUT2D eigenvalue weighted by Gasteiger charge is 2.68. The topological polar surface area (TPSA) is 58.2 Å². The van der Waals surface area contributed by atoms with Crippen LogP contribution in [-0.4, -0.2) is 16.1 Å². The van der Waals surface area contributed by atoms with Gasteiger partial charge in [0, 0.05) is 17.3 Å². The van der Waals surface area contributed by atoms with E-state index in [-0.39, 0.29) is 28.0 Å². The fraction of sp³-hybridized carbons (Fsp3) is 0.200. The summed E-state index contributed by atoms with van der Waals surface area (Å²) in [5.41, 5.74) is -3.49. The fourth-order valence-corrected chi connectivity index (χ4v) is 4.99. The predicted octanol–water partition coefficient (Wildman–Crippen LogP) is 8.29. The van der Waals surface area contributed by atoms with Crippen LogP contribution in [0.25, 0.3) is 0 Å². The molecule has 1 saturated carbocycles. The Kier molecular flexibility index (Phi) is 7.57. The highest BCUT2D eigenvalue weighted by Crippen LogP contribution is 2.65. The van der Waals surface area contributed by atoms with Crippen molar-refractivity contribution in [1.82, 2.24) is 0 Å². The van der Waals surface area contributed by atoms with E-state index in [1.165, 1.54) is 30.3 Å². The van der Waals surface area contributed by atoms with Crippen LogP contribution in [-0.2, 0) is 17.1 Å². The van der Waals surface area contributed by atoms with Crippen LogP contribution in [0, 0.1) is 11.7 Å². The number of benzene rings is 3. The molecule has 206 valence electrons. The Bertz CT molecular complexity index is 1410. The van der Waals surface area contributed by atoms with Crippen LogP contribution < -0.4 is 10.6 Å². The van der Waals surface area contributed by atoms with Crippen LogP contribution >= 0.6 is 34.8 Å².